The standard InChI is InChI=1S/C17H28N8O6S2/c18-11-12(27)3-10-32(28,29)14-2-1-13(25-6-4-24(5-7-25)8-9-26)15(16(14)33(19,30)31)17-20-22-23-21-17/h1-2,12,26-27H,3-11,18H2,(H2,19,30,31)(H,20,21,22,23)/t12-/m0/s1. The minimum absolute atomic E-state index is 0.0229. The molecule has 3 rings (SSSR count). The number of nitrogens with zero attached hydrogens (tertiary/aromatic N) is 5. The second-order valence-corrected chi connectivity index (χ2v) is 11.2. The van der Waals surface area contributed by atoms with Crippen LogP contribution in [0.15, 0.2) is 21.9 Å². The molecule has 184 valence electrons. The molecule has 1 saturated heterocycles. The van der Waals surface area contributed by atoms with Gasteiger partial charge < -0.3 is 20.8 Å². The quantitative estimate of drug-likeness (QED) is 0.220. The molecule has 0 spiro atoms. The fourth-order valence-corrected chi connectivity index (χ4v) is 6.72. The Balaban J connectivity index is 2.14. The topological polar surface area (TPSA) is 222 Å². The number of piperazine rings is 1. The lowest BCUT2D eigenvalue weighted by atomic mass is 10.1. The van der Waals surface area contributed by atoms with Gasteiger partial charge in [-0.15, -0.1) is 10.2 Å². The first-order valence-electron chi connectivity index (χ1n) is 10.2. The van der Waals surface area contributed by atoms with Gasteiger partial charge >= 0.3 is 0 Å². The SMILES string of the molecule is NC[C@@H](O)CCS(=O)(=O)c1ccc(N2CCN(CCO)CC2)c(-c2nn[nH]n2)c1S(N)(=O)=O. The zero-order valence-corrected chi connectivity index (χ0v) is 19.5. The highest BCUT2D eigenvalue weighted by Crippen LogP contribution is 2.39. The molecule has 0 aliphatic carbocycles. The number of sulfone groups is 1. The minimum Gasteiger partial charge on any atom is -0.395 e. The summed E-state index contributed by atoms with van der Waals surface area (Å²) >= 11 is 0. The van der Waals surface area contributed by atoms with E-state index in [-0.39, 0.29) is 31.0 Å². The van der Waals surface area contributed by atoms with Crippen LogP contribution in [0.25, 0.3) is 11.4 Å². The van der Waals surface area contributed by atoms with Gasteiger partial charge in [-0.05, 0) is 23.8 Å². The van der Waals surface area contributed by atoms with E-state index >= 15 is 0 Å². The number of rotatable bonds is 10. The maximum Gasteiger partial charge on any atom is 0.240 e. The number of H-pyrrole nitrogens is 1. The number of nitrogens with one attached hydrogen (secondary N) is 1. The third-order valence-electron chi connectivity index (χ3n) is 5.41. The van der Waals surface area contributed by atoms with Crippen LogP contribution in [-0.4, -0.2) is 110 Å². The Bertz CT molecular complexity index is 1150. The molecule has 2 aromatic rings. The highest BCUT2D eigenvalue weighted by atomic mass is 32.2. The van der Waals surface area contributed by atoms with Crippen LogP contribution in [0, 0.1) is 0 Å². The van der Waals surface area contributed by atoms with E-state index in [1.165, 1.54) is 12.1 Å². The van der Waals surface area contributed by atoms with Gasteiger partial charge in [-0.1, -0.05) is 0 Å². The van der Waals surface area contributed by atoms with E-state index in [1.807, 2.05) is 9.80 Å². The van der Waals surface area contributed by atoms with Gasteiger partial charge in [0.25, 0.3) is 0 Å². The lowest BCUT2D eigenvalue weighted by molar-refractivity contribution is 0.179. The van der Waals surface area contributed by atoms with Crippen molar-refractivity contribution >= 4 is 25.5 Å². The molecule has 1 aromatic carbocycles. The lowest BCUT2D eigenvalue weighted by Gasteiger charge is -2.36. The van der Waals surface area contributed by atoms with Crippen molar-refractivity contribution < 1.29 is 27.0 Å². The summed E-state index contributed by atoms with van der Waals surface area (Å²) in [4.78, 5) is 2.80. The van der Waals surface area contributed by atoms with Gasteiger partial charge in [-0.2, -0.15) is 5.21 Å². The zero-order chi connectivity index (χ0) is 24.2. The third-order valence-corrected chi connectivity index (χ3v) is 8.31. The van der Waals surface area contributed by atoms with Gasteiger partial charge in [0.1, 0.15) is 4.90 Å². The van der Waals surface area contributed by atoms with Crippen LogP contribution in [-0.2, 0) is 19.9 Å². The van der Waals surface area contributed by atoms with Gasteiger partial charge in [0.05, 0.1) is 28.9 Å². The smallest absolute Gasteiger partial charge is 0.240 e. The predicted octanol–water partition coefficient (Wildman–Crippen LogP) is -2.89. The molecule has 1 aromatic heterocycles. The van der Waals surface area contributed by atoms with E-state index in [1.54, 1.807) is 0 Å². The number of nitrogens with two attached hydrogens (primary N) is 2. The van der Waals surface area contributed by atoms with E-state index in [0.717, 1.165) is 0 Å². The first kappa shape index (κ1) is 25.4. The van der Waals surface area contributed by atoms with Crippen molar-refractivity contribution in [3.8, 4) is 11.4 Å². The van der Waals surface area contributed by atoms with E-state index in [0.29, 0.717) is 38.4 Å². The van der Waals surface area contributed by atoms with Crippen LogP contribution in [0.5, 0.6) is 0 Å². The van der Waals surface area contributed by atoms with Crippen LogP contribution in [0.2, 0.25) is 0 Å². The average molecular weight is 505 g/mol. The molecule has 0 radical (unpaired) electrons. The molecular formula is C17H28N8O6S2. The number of β-amino-alcohol motifs (C(OH)–C–C–N with tert-alkyl or cyclic N) is 1. The van der Waals surface area contributed by atoms with Crippen molar-refractivity contribution in [2.75, 3.05) is 56.5 Å². The largest absolute Gasteiger partial charge is 0.395 e. The Morgan fingerprint density at radius 3 is 2.39 bits per heavy atom. The number of primary sulfonamides is 1. The van der Waals surface area contributed by atoms with Crippen LogP contribution in [0.1, 0.15) is 6.42 Å². The van der Waals surface area contributed by atoms with Gasteiger partial charge in [-0.25, -0.2) is 22.0 Å². The Hall–Kier alpha value is -2.21. The molecule has 7 N–H and O–H groups in total. The molecule has 33 heavy (non-hydrogen) atoms. The number of aromatic nitrogens is 4. The molecule has 2 heterocycles. The van der Waals surface area contributed by atoms with Gasteiger partial charge in [0.2, 0.25) is 15.8 Å². The molecule has 1 aliphatic heterocycles. The monoisotopic (exact) mass is 504 g/mol. The number of aromatic amines is 1. The van der Waals surface area contributed by atoms with Crippen molar-refractivity contribution in [3.05, 3.63) is 12.1 Å². The maximum atomic E-state index is 13.1. The van der Waals surface area contributed by atoms with Crippen LogP contribution >= 0.6 is 0 Å². The molecule has 1 fully saturated rings. The first-order valence-corrected chi connectivity index (χ1v) is 13.4. The second-order valence-electron chi connectivity index (χ2n) is 7.62. The fourth-order valence-electron chi connectivity index (χ4n) is 3.70. The minimum atomic E-state index is -4.56. The van der Waals surface area contributed by atoms with Crippen molar-refractivity contribution in [1.82, 2.24) is 25.5 Å². The molecule has 14 nitrogen and oxygen atoms in total. The Kier molecular flexibility index (Phi) is 7.99. The number of aliphatic hydroxyl groups excluding tert-OH is 2. The lowest BCUT2D eigenvalue weighted by Crippen LogP contribution is -2.47. The zero-order valence-electron chi connectivity index (χ0n) is 17.8. The highest BCUT2D eigenvalue weighted by Gasteiger charge is 2.33. The van der Waals surface area contributed by atoms with Crippen molar-refractivity contribution in [3.63, 3.8) is 0 Å². The van der Waals surface area contributed by atoms with Gasteiger partial charge in [-0.3, -0.25) is 4.90 Å². The molecule has 0 amide bonds. The summed E-state index contributed by atoms with van der Waals surface area (Å²) in [5.74, 6) is -0.649. The molecule has 0 unspecified atom stereocenters. The van der Waals surface area contributed by atoms with Crippen molar-refractivity contribution in [2.45, 2.75) is 22.3 Å². The van der Waals surface area contributed by atoms with Gasteiger partial charge in [0.15, 0.2) is 9.84 Å². The fraction of sp³-hybridized carbons (Fsp3) is 0.588. The summed E-state index contributed by atoms with van der Waals surface area (Å²) in [6.45, 7) is 2.59. The highest BCUT2D eigenvalue weighted by molar-refractivity contribution is 7.93. The average Bonchev–Trinajstić information content (AvgIpc) is 3.31. The van der Waals surface area contributed by atoms with E-state index in [2.05, 4.69) is 20.6 Å². The summed E-state index contributed by atoms with van der Waals surface area (Å²) in [6, 6.07) is 2.69. The molecule has 16 heteroatoms. The van der Waals surface area contributed by atoms with Crippen LogP contribution in [0.3, 0.4) is 0 Å². The summed E-state index contributed by atoms with van der Waals surface area (Å²) in [5.41, 5.74) is 5.67. The number of tetrazole rings is 1. The Morgan fingerprint density at radius 1 is 1.15 bits per heavy atom. The summed E-state index contributed by atoms with van der Waals surface area (Å²) < 4.78 is 51.5. The predicted molar refractivity (Wildman–Crippen MR) is 118 cm³/mol. The van der Waals surface area contributed by atoms with Crippen molar-refractivity contribution in [2.24, 2.45) is 10.9 Å². The molecule has 1 aliphatic rings. The van der Waals surface area contributed by atoms with Crippen LogP contribution < -0.4 is 15.8 Å². The van der Waals surface area contributed by atoms with Gasteiger partial charge in [0, 0.05) is 45.0 Å². The number of hydrogen-bond acceptors (Lipinski definition) is 12. The first-order chi connectivity index (χ1) is 15.6. The third kappa shape index (κ3) is 5.84. The summed E-state index contributed by atoms with van der Waals surface area (Å²) in [7, 11) is -8.73. The second kappa shape index (κ2) is 10.4. The van der Waals surface area contributed by atoms with E-state index in [9.17, 15) is 21.9 Å². The van der Waals surface area contributed by atoms with Crippen molar-refractivity contribution in [1.29, 1.82) is 0 Å². The Labute approximate surface area is 191 Å². The number of hydrogen-bond donors (Lipinski definition) is 5. The molecule has 0 bridgehead atoms. The number of aliphatic hydroxyl groups is 2. The Morgan fingerprint density at radius 2 is 1.85 bits per heavy atom. The van der Waals surface area contributed by atoms with E-state index < -0.39 is 41.5 Å². The maximum absolute atomic E-state index is 13.1. The normalized spacial score (nSPS) is 16.8. The van der Waals surface area contributed by atoms with E-state index in [4.69, 9.17) is 16.0 Å². The number of sulfonamides is 1. The van der Waals surface area contributed by atoms with Crippen LogP contribution in [0.4, 0.5) is 5.69 Å². The molecule has 1 atom stereocenters. The number of anilines is 1. The molecule has 0 saturated carbocycles. The summed E-state index contributed by atoms with van der Waals surface area (Å²) in [6.07, 6.45) is -1.22. The number of benzene rings is 1. The summed E-state index contributed by atoms with van der Waals surface area (Å²) in [5, 5.41) is 37.8. The molecular weight excluding hydrogens is 476 g/mol.